The maximum atomic E-state index is 12.6. The number of likely N-dealkylation sites (N-methyl/N-ethyl adjacent to an activating group) is 1. The number of likely N-dealkylation sites (tertiary alicyclic amines) is 1. The van der Waals surface area contributed by atoms with Crippen molar-refractivity contribution >= 4 is 29.3 Å². The number of halogens is 2. The summed E-state index contributed by atoms with van der Waals surface area (Å²) in [5, 5.41) is 1.07. The van der Waals surface area contributed by atoms with Gasteiger partial charge in [-0.2, -0.15) is 0 Å². The molecule has 1 fully saturated rings. The smallest absolute Gasteiger partial charge is 0.410 e. The molecule has 1 atom stereocenters. The third kappa shape index (κ3) is 6.25. The van der Waals surface area contributed by atoms with Crippen LogP contribution in [0.15, 0.2) is 42.5 Å². The van der Waals surface area contributed by atoms with E-state index in [2.05, 4.69) is 23.1 Å². The summed E-state index contributed by atoms with van der Waals surface area (Å²) in [7, 11) is 1.79. The fourth-order valence-corrected chi connectivity index (χ4v) is 5.46. The summed E-state index contributed by atoms with van der Waals surface area (Å²) in [5.74, 6) is 1.17. The van der Waals surface area contributed by atoms with Crippen molar-refractivity contribution in [1.82, 2.24) is 9.80 Å². The van der Waals surface area contributed by atoms with Crippen LogP contribution >= 0.6 is 23.2 Å². The third-order valence-corrected chi connectivity index (χ3v) is 7.92. The topological polar surface area (TPSA) is 42.0 Å². The lowest BCUT2D eigenvalue weighted by Crippen LogP contribution is -2.44. The second-order valence-electron chi connectivity index (χ2n) is 10.9. The van der Waals surface area contributed by atoms with Crippen molar-refractivity contribution in [2.45, 2.75) is 57.0 Å². The van der Waals surface area contributed by atoms with Gasteiger partial charge in [-0.3, -0.25) is 0 Å². The normalized spacial score (nSPS) is 18.1. The van der Waals surface area contributed by atoms with E-state index in [4.69, 9.17) is 32.7 Å². The van der Waals surface area contributed by atoms with Crippen LogP contribution in [0.1, 0.15) is 57.1 Å². The Labute approximate surface area is 219 Å². The lowest BCUT2D eigenvalue weighted by Gasteiger charge is -2.39. The van der Waals surface area contributed by atoms with Gasteiger partial charge < -0.3 is 19.3 Å². The largest absolute Gasteiger partial charge is 0.492 e. The van der Waals surface area contributed by atoms with Crippen molar-refractivity contribution < 1.29 is 14.3 Å². The molecule has 0 aromatic heterocycles. The summed E-state index contributed by atoms with van der Waals surface area (Å²) < 4.78 is 11.6. The standard InChI is InChI=1S/C28H36Cl2N2O3/c1-27(2,3)35-26(33)31(4)18-21(20-9-10-23(29)24(30)17-20)11-14-32-15-12-28(13-16-32)19-34-25-8-6-5-7-22(25)28/h5-10,17,21H,11-16,18-19H2,1-4H3/t21-/m1/s1. The number of piperidine rings is 1. The SMILES string of the molecule is CN(C[C@@H](CCN1CCC2(CC1)COc1ccccc12)c1ccc(Cl)c(Cl)c1)C(=O)OC(C)(C)C. The lowest BCUT2D eigenvalue weighted by atomic mass is 9.74. The van der Waals surface area contributed by atoms with Crippen LogP contribution in [-0.4, -0.2) is 61.3 Å². The summed E-state index contributed by atoms with van der Waals surface area (Å²) in [6, 6.07) is 14.2. The number of carbonyl (C=O) groups excluding carboxylic acids is 1. The molecule has 1 amide bonds. The van der Waals surface area contributed by atoms with Crippen LogP contribution in [0.5, 0.6) is 5.75 Å². The highest BCUT2D eigenvalue weighted by Gasteiger charge is 2.42. The zero-order chi connectivity index (χ0) is 25.2. The van der Waals surface area contributed by atoms with Gasteiger partial charge in [0.05, 0.1) is 16.7 Å². The Hall–Kier alpha value is -1.95. The number of hydrogen-bond donors (Lipinski definition) is 0. The van der Waals surface area contributed by atoms with E-state index in [1.807, 2.05) is 45.0 Å². The molecule has 0 bridgehead atoms. The number of carbonyl (C=O) groups is 1. The maximum absolute atomic E-state index is 12.6. The summed E-state index contributed by atoms with van der Waals surface area (Å²) >= 11 is 12.5. The van der Waals surface area contributed by atoms with Crippen LogP contribution in [-0.2, 0) is 10.2 Å². The molecule has 1 saturated heterocycles. The third-order valence-electron chi connectivity index (χ3n) is 7.18. The van der Waals surface area contributed by atoms with Gasteiger partial charge in [-0.05, 0) is 83.4 Å². The zero-order valence-electron chi connectivity index (χ0n) is 21.2. The van der Waals surface area contributed by atoms with E-state index in [9.17, 15) is 4.79 Å². The molecule has 0 radical (unpaired) electrons. The number of fused-ring (bicyclic) bond motifs is 2. The predicted octanol–water partition coefficient (Wildman–Crippen LogP) is 6.76. The van der Waals surface area contributed by atoms with E-state index in [0.717, 1.165) is 56.8 Å². The molecular weight excluding hydrogens is 483 g/mol. The van der Waals surface area contributed by atoms with Gasteiger partial charge in [0.25, 0.3) is 0 Å². The number of nitrogens with zero attached hydrogens (tertiary/aromatic N) is 2. The molecule has 35 heavy (non-hydrogen) atoms. The Balaban J connectivity index is 1.40. The second kappa shape index (κ2) is 10.6. The average Bonchev–Trinajstić information content (AvgIpc) is 3.16. The lowest BCUT2D eigenvalue weighted by molar-refractivity contribution is 0.0284. The highest BCUT2D eigenvalue weighted by Crippen LogP contribution is 2.45. The molecule has 0 saturated carbocycles. The molecule has 2 aromatic carbocycles. The van der Waals surface area contributed by atoms with Crippen molar-refractivity contribution in [3.8, 4) is 5.75 Å². The van der Waals surface area contributed by atoms with E-state index < -0.39 is 5.60 Å². The highest BCUT2D eigenvalue weighted by molar-refractivity contribution is 6.42. The van der Waals surface area contributed by atoms with Crippen molar-refractivity contribution in [3.63, 3.8) is 0 Å². The molecule has 5 nitrogen and oxygen atoms in total. The Morgan fingerprint density at radius 3 is 2.54 bits per heavy atom. The van der Waals surface area contributed by atoms with E-state index in [1.54, 1.807) is 11.9 Å². The van der Waals surface area contributed by atoms with Gasteiger partial charge in [-0.1, -0.05) is 47.5 Å². The highest BCUT2D eigenvalue weighted by atomic mass is 35.5. The average molecular weight is 520 g/mol. The second-order valence-corrected chi connectivity index (χ2v) is 11.7. The van der Waals surface area contributed by atoms with Gasteiger partial charge >= 0.3 is 6.09 Å². The van der Waals surface area contributed by atoms with E-state index in [-0.39, 0.29) is 17.4 Å². The Kier molecular flexibility index (Phi) is 7.89. The summed E-state index contributed by atoms with van der Waals surface area (Å²) in [6.45, 7) is 10.00. The minimum absolute atomic E-state index is 0.119. The first-order valence-electron chi connectivity index (χ1n) is 12.4. The van der Waals surface area contributed by atoms with Crippen LogP contribution in [0.3, 0.4) is 0 Å². The Morgan fingerprint density at radius 2 is 1.86 bits per heavy atom. The molecule has 2 aliphatic heterocycles. The van der Waals surface area contributed by atoms with Crippen LogP contribution in [0.25, 0.3) is 0 Å². The molecule has 4 rings (SSSR count). The molecule has 0 unspecified atom stereocenters. The van der Waals surface area contributed by atoms with Gasteiger partial charge in [-0.25, -0.2) is 4.79 Å². The molecule has 190 valence electrons. The number of para-hydroxylation sites is 1. The first-order valence-corrected chi connectivity index (χ1v) is 13.2. The minimum Gasteiger partial charge on any atom is -0.492 e. The van der Waals surface area contributed by atoms with Crippen LogP contribution in [0.4, 0.5) is 4.79 Å². The fraction of sp³-hybridized carbons (Fsp3) is 0.536. The maximum Gasteiger partial charge on any atom is 0.410 e. The van der Waals surface area contributed by atoms with Gasteiger partial charge in [0.15, 0.2) is 0 Å². The van der Waals surface area contributed by atoms with Crippen molar-refractivity contribution in [3.05, 3.63) is 63.6 Å². The molecule has 2 aromatic rings. The number of hydrogen-bond acceptors (Lipinski definition) is 4. The van der Waals surface area contributed by atoms with Crippen molar-refractivity contribution in [2.75, 3.05) is 39.8 Å². The molecule has 7 heteroatoms. The molecule has 2 heterocycles. The van der Waals surface area contributed by atoms with E-state index in [0.29, 0.717) is 16.6 Å². The van der Waals surface area contributed by atoms with Gasteiger partial charge in [0.1, 0.15) is 11.4 Å². The van der Waals surface area contributed by atoms with Gasteiger partial charge in [-0.15, -0.1) is 0 Å². The monoisotopic (exact) mass is 518 g/mol. The summed E-state index contributed by atoms with van der Waals surface area (Å²) in [6.07, 6.45) is 2.78. The number of amides is 1. The Morgan fingerprint density at radius 1 is 1.14 bits per heavy atom. The molecule has 2 aliphatic rings. The Bertz CT molecular complexity index is 1040. The number of ether oxygens (including phenoxy) is 2. The number of benzene rings is 2. The molecule has 1 spiro atoms. The predicted molar refractivity (Wildman–Crippen MR) is 142 cm³/mol. The summed E-state index contributed by atoms with van der Waals surface area (Å²) in [4.78, 5) is 16.8. The first-order chi connectivity index (χ1) is 16.6. The van der Waals surface area contributed by atoms with Crippen LogP contribution in [0.2, 0.25) is 10.0 Å². The number of rotatable bonds is 6. The van der Waals surface area contributed by atoms with Crippen molar-refractivity contribution in [2.24, 2.45) is 0 Å². The van der Waals surface area contributed by atoms with Crippen LogP contribution in [0, 0.1) is 0 Å². The fourth-order valence-electron chi connectivity index (χ4n) is 5.16. The first kappa shape index (κ1) is 26.1. The van der Waals surface area contributed by atoms with E-state index in [1.165, 1.54) is 5.56 Å². The van der Waals surface area contributed by atoms with Gasteiger partial charge in [0.2, 0.25) is 0 Å². The molecular formula is C28H36Cl2N2O3. The molecule has 0 N–H and O–H groups in total. The van der Waals surface area contributed by atoms with Gasteiger partial charge in [0, 0.05) is 30.5 Å². The van der Waals surface area contributed by atoms with E-state index >= 15 is 0 Å². The minimum atomic E-state index is -0.531. The zero-order valence-corrected chi connectivity index (χ0v) is 22.7. The molecule has 0 aliphatic carbocycles. The van der Waals surface area contributed by atoms with Crippen molar-refractivity contribution in [1.29, 1.82) is 0 Å². The van der Waals surface area contributed by atoms with Crippen LogP contribution < -0.4 is 4.74 Å². The quantitative estimate of drug-likeness (QED) is 0.423. The summed E-state index contributed by atoms with van der Waals surface area (Å²) in [5.41, 5.74) is 2.07.